The van der Waals surface area contributed by atoms with Crippen molar-refractivity contribution in [3.05, 3.63) is 35.4 Å². The van der Waals surface area contributed by atoms with Gasteiger partial charge in [0.05, 0.1) is 11.1 Å². The lowest BCUT2D eigenvalue weighted by Crippen LogP contribution is -2.43. The molecule has 0 aromatic heterocycles. The Balaban J connectivity index is 1.83. The summed E-state index contributed by atoms with van der Waals surface area (Å²) in [4.78, 5) is 30.4. The fraction of sp³-hybridized carbons (Fsp3) is 0.500. The Bertz CT molecular complexity index is 598. The zero-order valence-corrected chi connectivity index (χ0v) is 15.7. The van der Waals surface area contributed by atoms with Crippen LogP contribution in [-0.4, -0.2) is 60.9 Å². The van der Waals surface area contributed by atoms with Crippen molar-refractivity contribution < 1.29 is 9.59 Å². The molecule has 0 spiro atoms. The molecule has 0 unspecified atom stereocenters. The number of carbonyl (C=O) groups is 2. The van der Waals surface area contributed by atoms with Gasteiger partial charge in [-0.2, -0.15) is 11.8 Å². The molecular formula is C18H26N4O2S. The Morgan fingerprint density at radius 2 is 1.80 bits per heavy atom. The summed E-state index contributed by atoms with van der Waals surface area (Å²) in [5.41, 5.74) is 0.976. The van der Waals surface area contributed by atoms with E-state index in [0.717, 1.165) is 37.6 Å². The van der Waals surface area contributed by atoms with E-state index < -0.39 is 0 Å². The number of aliphatic imine (C=N–C) groups is 1. The molecule has 7 heteroatoms. The van der Waals surface area contributed by atoms with E-state index in [1.165, 1.54) is 4.90 Å². The molecule has 25 heavy (non-hydrogen) atoms. The summed E-state index contributed by atoms with van der Waals surface area (Å²) in [6.07, 6.45) is 4.31. The first-order valence-electron chi connectivity index (χ1n) is 8.65. The lowest BCUT2D eigenvalue weighted by atomic mass is 10.1. The third-order valence-corrected chi connectivity index (χ3v) is 4.57. The summed E-state index contributed by atoms with van der Waals surface area (Å²) in [5, 5.41) is 6.38. The predicted octanol–water partition coefficient (Wildman–Crippen LogP) is 1.98. The van der Waals surface area contributed by atoms with Gasteiger partial charge in [0.1, 0.15) is 0 Å². The lowest BCUT2D eigenvalue weighted by molar-refractivity contribution is 0.0657. The zero-order valence-electron chi connectivity index (χ0n) is 14.9. The third-order valence-electron chi connectivity index (χ3n) is 3.88. The Morgan fingerprint density at radius 3 is 2.40 bits per heavy atom. The normalized spacial score (nSPS) is 14.0. The van der Waals surface area contributed by atoms with E-state index in [1.54, 1.807) is 24.3 Å². The molecule has 0 aliphatic carbocycles. The summed E-state index contributed by atoms with van der Waals surface area (Å²) in [6, 6.07) is 6.95. The number of thioether (sulfide) groups is 1. The zero-order chi connectivity index (χ0) is 18.1. The molecule has 1 aromatic rings. The van der Waals surface area contributed by atoms with Crippen molar-refractivity contribution in [3.8, 4) is 0 Å². The van der Waals surface area contributed by atoms with Crippen molar-refractivity contribution in [2.75, 3.05) is 38.2 Å². The second-order valence-electron chi connectivity index (χ2n) is 5.69. The number of hydrogen-bond acceptors (Lipinski definition) is 4. The monoisotopic (exact) mass is 362 g/mol. The van der Waals surface area contributed by atoms with Crippen LogP contribution in [-0.2, 0) is 0 Å². The molecule has 136 valence electrons. The lowest BCUT2D eigenvalue weighted by Gasteiger charge is -2.16. The molecule has 6 nitrogen and oxygen atoms in total. The summed E-state index contributed by atoms with van der Waals surface area (Å²) < 4.78 is 0. The van der Waals surface area contributed by atoms with Gasteiger partial charge in [-0.1, -0.05) is 12.1 Å². The number of hydrogen-bond donors (Lipinski definition) is 2. The van der Waals surface area contributed by atoms with Crippen LogP contribution in [0.25, 0.3) is 0 Å². The van der Waals surface area contributed by atoms with E-state index in [1.807, 2.05) is 18.7 Å². The van der Waals surface area contributed by atoms with Crippen molar-refractivity contribution in [3.63, 3.8) is 0 Å². The van der Waals surface area contributed by atoms with Crippen molar-refractivity contribution in [1.29, 1.82) is 0 Å². The van der Waals surface area contributed by atoms with Gasteiger partial charge in [-0.25, -0.2) is 0 Å². The highest BCUT2D eigenvalue weighted by Gasteiger charge is 2.34. The van der Waals surface area contributed by atoms with Gasteiger partial charge >= 0.3 is 0 Å². The maximum absolute atomic E-state index is 12.3. The highest BCUT2D eigenvalue weighted by atomic mass is 32.2. The van der Waals surface area contributed by atoms with Crippen LogP contribution in [0.5, 0.6) is 0 Å². The number of rotatable bonds is 9. The van der Waals surface area contributed by atoms with Crippen molar-refractivity contribution in [2.24, 2.45) is 4.99 Å². The molecule has 1 aliphatic heterocycles. The van der Waals surface area contributed by atoms with Crippen LogP contribution >= 0.6 is 11.8 Å². The molecule has 0 saturated heterocycles. The highest BCUT2D eigenvalue weighted by Crippen LogP contribution is 2.21. The predicted molar refractivity (Wildman–Crippen MR) is 103 cm³/mol. The topological polar surface area (TPSA) is 73.8 Å². The fourth-order valence-corrected chi connectivity index (χ4v) is 3.11. The van der Waals surface area contributed by atoms with Crippen LogP contribution in [0.15, 0.2) is 29.3 Å². The van der Waals surface area contributed by atoms with Crippen molar-refractivity contribution in [2.45, 2.75) is 19.8 Å². The Morgan fingerprint density at radius 1 is 1.12 bits per heavy atom. The second kappa shape index (κ2) is 10.1. The van der Waals surface area contributed by atoms with Gasteiger partial charge in [0, 0.05) is 26.2 Å². The third kappa shape index (κ3) is 5.22. The summed E-state index contributed by atoms with van der Waals surface area (Å²) in [5.74, 6) is 1.44. The number of nitrogens with one attached hydrogen (secondary N) is 2. The Labute approximate surface area is 153 Å². The van der Waals surface area contributed by atoms with Gasteiger partial charge in [0.15, 0.2) is 5.96 Å². The molecule has 1 aliphatic rings. The molecule has 0 fully saturated rings. The first-order valence-corrected chi connectivity index (χ1v) is 10.0. The van der Waals surface area contributed by atoms with Gasteiger partial charge < -0.3 is 10.6 Å². The van der Waals surface area contributed by atoms with Gasteiger partial charge in [0.25, 0.3) is 11.8 Å². The highest BCUT2D eigenvalue weighted by molar-refractivity contribution is 7.98. The van der Waals surface area contributed by atoms with Gasteiger partial charge in [0.2, 0.25) is 0 Å². The van der Waals surface area contributed by atoms with Gasteiger partial charge in [-0.3, -0.25) is 19.5 Å². The fourth-order valence-electron chi connectivity index (χ4n) is 2.62. The summed E-state index contributed by atoms with van der Waals surface area (Å²) in [6.45, 7) is 4.34. The molecule has 2 amide bonds. The number of carbonyl (C=O) groups excluding carboxylic acids is 2. The molecule has 0 bridgehead atoms. The standard InChI is InChI=1S/C18H26N4O2S/c1-3-19-18(20-10-6-7-13-25-2)21-11-12-22-16(23)14-8-4-5-9-15(14)17(22)24/h4-5,8-9H,3,6-7,10-13H2,1-2H3,(H2,19,20,21). The molecule has 1 aromatic carbocycles. The van der Waals surface area contributed by atoms with Crippen molar-refractivity contribution in [1.82, 2.24) is 15.5 Å². The molecular weight excluding hydrogens is 336 g/mol. The van der Waals surface area contributed by atoms with Gasteiger partial charge in [-0.05, 0) is 43.9 Å². The minimum absolute atomic E-state index is 0.221. The summed E-state index contributed by atoms with van der Waals surface area (Å²) in [7, 11) is 0. The van der Waals surface area contributed by atoms with Crippen LogP contribution < -0.4 is 10.6 Å². The Hall–Kier alpha value is -2.02. The van der Waals surface area contributed by atoms with Crippen LogP contribution in [0.3, 0.4) is 0 Å². The SMILES string of the molecule is CCNC(=NCCCCSC)NCCN1C(=O)c2ccccc2C1=O. The first kappa shape index (κ1) is 19.3. The molecule has 0 atom stereocenters. The quantitative estimate of drug-likeness (QED) is 0.304. The van der Waals surface area contributed by atoms with Crippen LogP contribution in [0.4, 0.5) is 0 Å². The molecule has 0 radical (unpaired) electrons. The molecule has 0 saturated carbocycles. The van der Waals surface area contributed by atoms with Gasteiger partial charge in [-0.15, -0.1) is 0 Å². The number of fused-ring (bicyclic) bond motifs is 1. The number of imide groups is 1. The van der Waals surface area contributed by atoms with E-state index in [0.29, 0.717) is 24.2 Å². The Kier molecular flexibility index (Phi) is 7.78. The maximum atomic E-state index is 12.3. The summed E-state index contributed by atoms with van der Waals surface area (Å²) >= 11 is 1.84. The minimum Gasteiger partial charge on any atom is -0.357 e. The second-order valence-corrected chi connectivity index (χ2v) is 6.68. The maximum Gasteiger partial charge on any atom is 0.261 e. The number of guanidine groups is 1. The largest absolute Gasteiger partial charge is 0.357 e. The van der Waals surface area contributed by atoms with Crippen LogP contribution in [0.1, 0.15) is 40.5 Å². The number of unbranched alkanes of at least 4 members (excludes halogenated alkanes) is 1. The molecule has 2 N–H and O–H groups in total. The van der Waals surface area contributed by atoms with E-state index in [4.69, 9.17) is 0 Å². The van der Waals surface area contributed by atoms with E-state index in [9.17, 15) is 9.59 Å². The number of benzene rings is 1. The molecule has 2 rings (SSSR count). The first-order chi connectivity index (χ1) is 12.2. The minimum atomic E-state index is -0.221. The number of amides is 2. The number of nitrogens with zero attached hydrogens (tertiary/aromatic N) is 2. The van der Waals surface area contributed by atoms with E-state index in [-0.39, 0.29) is 11.8 Å². The van der Waals surface area contributed by atoms with Crippen molar-refractivity contribution >= 4 is 29.5 Å². The average molecular weight is 362 g/mol. The smallest absolute Gasteiger partial charge is 0.261 e. The van der Waals surface area contributed by atoms with Crippen LogP contribution in [0.2, 0.25) is 0 Å². The average Bonchev–Trinajstić information content (AvgIpc) is 2.86. The van der Waals surface area contributed by atoms with E-state index >= 15 is 0 Å². The van der Waals surface area contributed by atoms with Crippen LogP contribution in [0, 0.1) is 0 Å². The molecule has 1 heterocycles. The van der Waals surface area contributed by atoms with E-state index in [2.05, 4.69) is 21.9 Å².